The summed E-state index contributed by atoms with van der Waals surface area (Å²) in [7, 11) is 0. The third-order valence-electron chi connectivity index (χ3n) is 4.52. The lowest BCUT2D eigenvalue weighted by molar-refractivity contribution is 0.234. The van der Waals surface area contributed by atoms with E-state index in [1.807, 2.05) is 0 Å². The van der Waals surface area contributed by atoms with E-state index in [2.05, 4.69) is 67.0 Å². The Bertz CT molecular complexity index is 455. The van der Waals surface area contributed by atoms with Gasteiger partial charge in [-0.2, -0.15) is 0 Å². The van der Waals surface area contributed by atoms with Crippen molar-refractivity contribution in [2.75, 3.05) is 19.6 Å². The highest BCUT2D eigenvalue weighted by atomic mass is 32.2. The summed E-state index contributed by atoms with van der Waals surface area (Å²) in [5, 5.41) is 4.44. The monoisotopic (exact) mass is 304 g/mol. The van der Waals surface area contributed by atoms with E-state index >= 15 is 0 Å². The predicted molar refractivity (Wildman–Crippen MR) is 92.1 cm³/mol. The Labute approximate surface area is 133 Å². The molecule has 2 nitrogen and oxygen atoms in total. The van der Waals surface area contributed by atoms with E-state index in [1.165, 1.54) is 37.2 Å². The predicted octanol–water partition coefficient (Wildman–Crippen LogP) is 3.56. The molecule has 3 rings (SSSR count). The zero-order chi connectivity index (χ0) is 14.9. The van der Waals surface area contributed by atoms with Crippen molar-refractivity contribution in [2.45, 2.75) is 61.8 Å². The summed E-state index contributed by atoms with van der Waals surface area (Å²) in [6.45, 7) is 10.4. The highest BCUT2D eigenvalue weighted by Gasteiger charge is 2.30. The van der Waals surface area contributed by atoms with Gasteiger partial charge in [0.15, 0.2) is 0 Å². The number of likely N-dealkylation sites (tertiary alicyclic amines) is 1. The average molecular weight is 305 g/mol. The van der Waals surface area contributed by atoms with Crippen molar-refractivity contribution < 1.29 is 0 Å². The van der Waals surface area contributed by atoms with Crippen molar-refractivity contribution in [1.29, 1.82) is 0 Å². The number of nitrogens with one attached hydrogen (secondary N) is 1. The highest BCUT2D eigenvalue weighted by Crippen LogP contribution is 2.37. The lowest BCUT2D eigenvalue weighted by Gasteiger charge is -2.30. The van der Waals surface area contributed by atoms with Gasteiger partial charge in [0.1, 0.15) is 0 Å². The molecule has 0 radical (unpaired) electrons. The van der Waals surface area contributed by atoms with Crippen molar-refractivity contribution in [3.05, 3.63) is 29.8 Å². The zero-order valence-corrected chi connectivity index (χ0v) is 14.4. The van der Waals surface area contributed by atoms with Crippen molar-refractivity contribution in [3.8, 4) is 0 Å². The molecule has 3 heteroatoms. The Morgan fingerprint density at radius 1 is 1.29 bits per heavy atom. The Morgan fingerprint density at radius 3 is 2.86 bits per heavy atom. The van der Waals surface area contributed by atoms with Crippen molar-refractivity contribution >= 4 is 11.8 Å². The van der Waals surface area contributed by atoms with E-state index in [4.69, 9.17) is 0 Å². The molecule has 0 bridgehead atoms. The van der Waals surface area contributed by atoms with Gasteiger partial charge in [-0.05, 0) is 58.2 Å². The lowest BCUT2D eigenvalue weighted by atomic mass is 10.1. The van der Waals surface area contributed by atoms with E-state index < -0.39 is 0 Å². The quantitative estimate of drug-likeness (QED) is 0.916. The van der Waals surface area contributed by atoms with Gasteiger partial charge in [0.25, 0.3) is 0 Å². The average Bonchev–Trinajstić information content (AvgIpc) is 3.01. The van der Waals surface area contributed by atoms with Crippen LogP contribution in [0.3, 0.4) is 0 Å². The van der Waals surface area contributed by atoms with Crippen molar-refractivity contribution in [3.63, 3.8) is 0 Å². The molecule has 1 N–H and O–H groups in total. The fourth-order valence-corrected chi connectivity index (χ4v) is 4.76. The maximum absolute atomic E-state index is 3.69. The summed E-state index contributed by atoms with van der Waals surface area (Å²) in [6.07, 6.45) is 3.96. The van der Waals surface area contributed by atoms with Gasteiger partial charge in [0.2, 0.25) is 0 Å². The molecule has 0 aliphatic carbocycles. The molecule has 1 aromatic carbocycles. The molecule has 2 aliphatic rings. The van der Waals surface area contributed by atoms with Crippen LogP contribution in [0.5, 0.6) is 0 Å². The molecule has 0 aromatic heterocycles. The number of benzene rings is 1. The molecule has 0 saturated carbocycles. The van der Waals surface area contributed by atoms with E-state index in [1.54, 1.807) is 5.56 Å². The first-order chi connectivity index (χ1) is 10.0. The third kappa shape index (κ3) is 4.02. The fourth-order valence-electron chi connectivity index (χ4n) is 3.41. The fraction of sp³-hybridized carbons (Fsp3) is 0.667. The zero-order valence-electron chi connectivity index (χ0n) is 13.6. The molecule has 21 heavy (non-hydrogen) atoms. The summed E-state index contributed by atoms with van der Waals surface area (Å²) < 4.78 is 0. The van der Waals surface area contributed by atoms with Crippen LogP contribution in [-0.4, -0.2) is 41.4 Å². The maximum Gasteiger partial charge on any atom is 0.0263 e. The molecule has 2 heterocycles. The number of hydrogen-bond acceptors (Lipinski definition) is 3. The Morgan fingerprint density at radius 2 is 2.10 bits per heavy atom. The molecule has 2 aliphatic heterocycles. The summed E-state index contributed by atoms with van der Waals surface area (Å²) >= 11 is 2.09. The molecule has 2 atom stereocenters. The molecule has 1 fully saturated rings. The summed E-state index contributed by atoms with van der Waals surface area (Å²) in [4.78, 5) is 4.23. The van der Waals surface area contributed by atoms with Gasteiger partial charge in [0.05, 0.1) is 0 Å². The molecule has 2 unspecified atom stereocenters. The van der Waals surface area contributed by atoms with E-state index in [-0.39, 0.29) is 5.54 Å². The third-order valence-corrected chi connectivity index (χ3v) is 5.82. The number of fused-ring (bicyclic) bond motifs is 1. The van der Waals surface area contributed by atoms with Crippen LogP contribution >= 0.6 is 11.8 Å². The standard InChI is InChI=1S/C18H28N2S/c1-18(2,3)19-12-15-8-6-10-20(15)13-16-11-14-7-4-5-9-17(14)21-16/h4-5,7,9,15-16,19H,6,8,10-13H2,1-3H3. The van der Waals surface area contributed by atoms with E-state index in [0.29, 0.717) is 0 Å². The second kappa shape index (κ2) is 6.31. The molecule has 0 amide bonds. The molecule has 1 saturated heterocycles. The molecular formula is C18H28N2S. The number of hydrogen-bond donors (Lipinski definition) is 1. The van der Waals surface area contributed by atoms with Gasteiger partial charge in [-0.3, -0.25) is 4.90 Å². The number of thioether (sulfide) groups is 1. The van der Waals surface area contributed by atoms with Crippen LogP contribution in [-0.2, 0) is 6.42 Å². The van der Waals surface area contributed by atoms with Crippen LogP contribution < -0.4 is 5.32 Å². The SMILES string of the molecule is CC(C)(C)NCC1CCCN1CC1Cc2ccccc2S1. The lowest BCUT2D eigenvalue weighted by Crippen LogP contribution is -2.46. The van der Waals surface area contributed by atoms with Crippen LogP contribution in [0.2, 0.25) is 0 Å². The second-order valence-electron chi connectivity index (χ2n) is 7.47. The van der Waals surface area contributed by atoms with E-state index in [9.17, 15) is 0 Å². The van der Waals surface area contributed by atoms with Gasteiger partial charge >= 0.3 is 0 Å². The minimum atomic E-state index is 0.229. The first kappa shape index (κ1) is 15.4. The number of nitrogens with zero attached hydrogens (tertiary/aromatic N) is 1. The largest absolute Gasteiger partial charge is 0.311 e. The van der Waals surface area contributed by atoms with Crippen molar-refractivity contribution in [2.24, 2.45) is 0 Å². The number of rotatable bonds is 4. The van der Waals surface area contributed by atoms with Crippen LogP contribution in [0.15, 0.2) is 29.2 Å². The molecule has 0 spiro atoms. The first-order valence-corrected chi connectivity index (χ1v) is 9.13. The Hall–Kier alpha value is -0.510. The molecule has 116 valence electrons. The van der Waals surface area contributed by atoms with Crippen LogP contribution in [0.1, 0.15) is 39.2 Å². The second-order valence-corrected chi connectivity index (χ2v) is 8.82. The Balaban J connectivity index is 1.53. The summed E-state index contributed by atoms with van der Waals surface area (Å²) in [6, 6.07) is 9.65. The van der Waals surface area contributed by atoms with Crippen LogP contribution in [0, 0.1) is 0 Å². The smallest absolute Gasteiger partial charge is 0.0263 e. The maximum atomic E-state index is 3.69. The van der Waals surface area contributed by atoms with Gasteiger partial charge in [-0.15, -0.1) is 11.8 Å². The van der Waals surface area contributed by atoms with Gasteiger partial charge in [-0.1, -0.05) is 18.2 Å². The van der Waals surface area contributed by atoms with E-state index in [0.717, 1.165) is 17.8 Å². The van der Waals surface area contributed by atoms with Crippen molar-refractivity contribution in [1.82, 2.24) is 10.2 Å². The Kier molecular flexibility index (Phi) is 4.63. The van der Waals surface area contributed by atoms with Gasteiger partial charge < -0.3 is 5.32 Å². The minimum absolute atomic E-state index is 0.229. The minimum Gasteiger partial charge on any atom is -0.311 e. The van der Waals surface area contributed by atoms with Gasteiger partial charge in [0, 0.05) is 34.8 Å². The summed E-state index contributed by atoms with van der Waals surface area (Å²) in [5.74, 6) is 0. The summed E-state index contributed by atoms with van der Waals surface area (Å²) in [5.41, 5.74) is 1.78. The van der Waals surface area contributed by atoms with Crippen LogP contribution in [0.4, 0.5) is 0 Å². The molecular weight excluding hydrogens is 276 g/mol. The highest BCUT2D eigenvalue weighted by molar-refractivity contribution is 8.00. The normalized spacial score (nSPS) is 26.2. The topological polar surface area (TPSA) is 15.3 Å². The van der Waals surface area contributed by atoms with Gasteiger partial charge in [-0.25, -0.2) is 0 Å². The van der Waals surface area contributed by atoms with Crippen LogP contribution in [0.25, 0.3) is 0 Å². The molecule has 1 aromatic rings. The first-order valence-electron chi connectivity index (χ1n) is 8.25.